The van der Waals surface area contributed by atoms with Crippen molar-refractivity contribution in [3.05, 3.63) is 58.6 Å². The maximum absolute atomic E-state index is 12.5. The van der Waals surface area contributed by atoms with E-state index in [0.717, 1.165) is 0 Å². The highest BCUT2D eigenvalue weighted by Gasteiger charge is 2.61. The van der Waals surface area contributed by atoms with E-state index in [4.69, 9.17) is 10.8 Å². The second kappa shape index (κ2) is 6.03. The van der Waals surface area contributed by atoms with Crippen LogP contribution in [0.15, 0.2) is 47.4 Å². The average Bonchev–Trinajstić information content (AvgIpc) is 3.09. The van der Waals surface area contributed by atoms with Crippen LogP contribution in [0.1, 0.15) is 38.7 Å². The molecule has 1 aromatic carbocycles. The normalized spacial score (nSPS) is 33.1. The number of amides is 1. The Hall–Kier alpha value is -2.51. The minimum Gasteiger partial charge on any atom is -0.367 e. The highest BCUT2D eigenvalue weighted by atomic mass is 16.6. The fourth-order valence-corrected chi connectivity index (χ4v) is 3.60. The number of ether oxygens (including phenoxy) is 2. The summed E-state index contributed by atoms with van der Waals surface area (Å²) in [5.41, 5.74) is -0.773. The van der Waals surface area contributed by atoms with Crippen LogP contribution in [-0.2, 0) is 9.47 Å². The molecule has 2 aliphatic rings. The summed E-state index contributed by atoms with van der Waals surface area (Å²) in [5.74, 6) is -0.166. The smallest absolute Gasteiger partial charge is 0.351 e. The number of anilines is 1. The first-order valence-corrected chi connectivity index (χ1v) is 8.54. The number of hydrogen-bond acceptors (Lipinski definition) is 5. The zero-order chi connectivity index (χ0) is 19.2. The van der Waals surface area contributed by atoms with E-state index in [1.807, 2.05) is 19.9 Å². The van der Waals surface area contributed by atoms with Crippen molar-refractivity contribution in [2.24, 2.45) is 5.92 Å². The molecule has 0 spiro atoms. The lowest BCUT2D eigenvalue weighted by molar-refractivity contribution is -0.199. The Labute approximate surface area is 152 Å². The van der Waals surface area contributed by atoms with Crippen LogP contribution in [0.3, 0.4) is 0 Å². The molecular weight excluding hydrogens is 334 g/mol. The number of carbonyl (C=O) groups excluding carboxylic acids is 1. The fraction of sp³-hybridized carbons (Fsp3) is 0.421. The molecule has 0 aliphatic carbocycles. The molecule has 26 heavy (non-hydrogen) atoms. The van der Waals surface area contributed by atoms with Gasteiger partial charge in [-0.15, -0.1) is 0 Å². The molecule has 2 aromatic rings. The van der Waals surface area contributed by atoms with Crippen LogP contribution in [0.5, 0.6) is 0 Å². The van der Waals surface area contributed by atoms with Gasteiger partial charge < -0.3 is 14.8 Å². The van der Waals surface area contributed by atoms with E-state index in [-0.39, 0.29) is 36.8 Å². The monoisotopic (exact) mass is 356 g/mol. The molecule has 1 N–H and O–H groups in total. The molecule has 1 unspecified atom stereocenters. The van der Waals surface area contributed by atoms with E-state index >= 15 is 0 Å². The topological polar surface area (TPSA) is 82.5 Å². The van der Waals surface area contributed by atoms with Crippen LogP contribution in [0.4, 0.5) is 5.82 Å². The first-order valence-electron chi connectivity index (χ1n) is 9.25. The molecule has 1 aromatic heterocycles. The summed E-state index contributed by atoms with van der Waals surface area (Å²) in [6.07, 6.45) is 0.411. The third-order valence-corrected chi connectivity index (χ3v) is 5.32. The van der Waals surface area contributed by atoms with Crippen molar-refractivity contribution in [2.75, 3.05) is 5.32 Å². The van der Waals surface area contributed by atoms with Crippen LogP contribution < -0.4 is 11.0 Å². The Morgan fingerprint density at radius 1 is 1.31 bits per heavy atom. The van der Waals surface area contributed by atoms with Gasteiger partial charge in [0.2, 0.25) is 0 Å². The third-order valence-electron chi connectivity index (χ3n) is 5.32. The second-order valence-corrected chi connectivity index (χ2v) is 6.82. The summed E-state index contributed by atoms with van der Waals surface area (Å²) in [6.45, 7) is 3.94. The lowest BCUT2D eigenvalue weighted by atomic mass is 9.88. The zero-order valence-corrected chi connectivity index (χ0v) is 14.6. The first-order chi connectivity index (χ1) is 13.0. The van der Waals surface area contributed by atoms with Gasteiger partial charge in [0.1, 0.15) is 11.9 Å². The molecule has 0 radical (unpaired) electrons. The third kappa shape index (κ3) is 2.55. The quantitative estimate of drug-likeness (QED) is 0.912. The van der Waals surface area contributed by atoms with Crippen LogP contribution in [0.2, 0.25) is 0 Å². The molecule has 1 amide bonds. The molecule has 2 bridgehead atoms. The van der Waals surface area contributed by atoms with Crippen LogP contribution >= 0.6 is 0 Å². The van der Waals surface area contributed by atoms with E-state index in [9.17, 15) is 9.59 Å². The van der Waals surface area contributed by atoms with Gasteiger partial charge in [0.15, 0.2) is 6.23 Å². The van der Waals surface area contributed by atoms with Crippen molar-refractivity contribution < 1.29 is 15.6 Å². The number of carbonyl (C=O) groups is 1. The van der Waals surface area contributed by atoms with Gasteiger partial charge in [-0.25, -0.2) is 4.79 Å². The van der Waals surface area contributed by atoms with Crippen LogP contribution in [-0.4, -0.2) is 33.3 Å². The molecule has 5 atom stereocenters. The maximum atomic E-state index is 12.5. The van der Waals surface area contributed by atoms with Gasteiger partial charge in [-0.05, 0) is 32.0 Å². The van der Waals surface area contributed by atoms with E-state index in [0.29, 0.717) is 5.56 Å². The minimum absolute atomic E-state index is 0.000593. The molecule has 2 fully saturated rings. The number of hydrogen-bond donors (Lipinski definition) is 1. The number of aromatic nitrogens is 2. The zero-order valence-electron chi connectivity index (χ0n) is 15.6. The molecule has 7 heteroatoms. The number of nitrogens with zero attached hydrogens (tertiary/aromatic N) is 2. The molecule has 136 valence electrons. The maximum Gasteiger partial charge on any atom is 0.351 e. The fourth-order valence-electron chi connectivity index (χ4n) is 3.60. The van der Waals surface area contributed by atoms with Crippen molar-refractivity contribution >= 4 is 11.7 Å². The van der Waals surface area contributed by atoms with Crippen molar-refractivity contribution in [2.45, 2.75) is 44.8 Å². The van der Waals surface area contributed by atoms with Crippen molar-refractivity contribution in [3.63, 3.8) is 0 Å². The second-order valence-electron chi connectivity index (χ2n) is 6.82. The SMILES string of the molecule is [2H]C[C@@]12O[C@@H](n3ccc(NC(=O)c4ccccc4)nc3=O)[C@@H](OC1C)[C@H]2C. The minimum atomic E-state index is -0.713. The van der Waals surface area contributed by atoms with Gasteiger partial charge in [-0.2, -0.15) is 4.98 Å². The van der Waals surface area contributed by atoms with Gasteiger partial charge in [-0.1, -0.05) is 25.1 Å². The Kier molecular flexibility index (Phi) is 3.65. The van der Waals surface area contributed by atoms with Gasteiger partial charge in [-0.3, -0.25) is 9.36 Å². The summed E-state index contributed by atoms with van der Waals surface area (Å²) in [4.78, 5) is 28.7. The number of fused-ring (bicyclic) bond motifs is 2. The van der Waals surface area contributed by atoms with Crippen LogP contribution in [0.25, 0.3) is 0 Å². The van der Waals surface area contributed by atoms with E-state index in [1.165, 1.54) is 4.57 Å². The summed E-state index contributed by atoms with van der Waals surface area (Å²) in [7, 11) is 0. The van der Waals surface area contributed by atoms with E-state index in [2.05, 4.69) is 10.3 Å². The summed E-state index contributed by atoms with van der Waals surface area (Å²) < 4.78 is 21.3. The predicted molar refractivity (Wildman–Crippen MR) is 94.9 cm³/mol. The molecule has 3 heterocycles. The highest BCUT2D eigenvalue weighted by molar-refractivity contribution is 6.03. The van der Waals surface area contributed by atoms with Gasteiger partial charge in [0.05, 0.1) is 11.7 Å². The number of nitrogens with one attached hydrogen (secondary N) is 1. The van der Waals surface area contributed by atoms with Crippen molar-refractivity contribution in [1.82, 2.24) is 9.55 Å². The molecule has 0 saturated carbocycles. The van der Waals surface area contributed by atoms with E-state index < -0.39 is 17.5 Å². The molecule has 2 aliphatic heterocycles. The lowest BCUT2D eigenvalue weighted by Gasteiger charge is -2.33. The molecule has 7 nitrogen and oxygen atoms in total. The number of rotatable bonds is 3. The summed E-state index contributed by atoms with van der Waals surface area (Å²) in [6, 6.07) is 10.3. The van der Waals surface area contributed by atoms with Gasteiger partial charge >= 0.3 is 5.69 Å². The van der Waals surface area contributed by atoms with E-state index in [1.54, 1.807) is 36.5 Å². The average molecular weight is 356 g/mol. The number of benzene rings is 1. The summed E-state index contributed by atoms with van der Waals surface area (Å²) in [5, 5.41) is 2.62. The van der Waals surface area contributed by atoms with Gasteiger partial charge in [0.25, 0.3) is 5.91 Å². The summed E-state index contributed by atoms with van der Waals surface area (Å²) >= 11 is 0. The molecule has 2 saturated heterocycles. The standard InChI is InChI=1S/C19H21N3O4/c1-11-15-17(26-19(11,3)12(2)25-15)22-10-9-14(21-18(22)24)20-16(23)13-7-5-4-6-8-13/h4-12,15,17H,1-3H3,(H,20,21,23,24)/t11-,12?,15+,17-,19+/m1/s1/i3D. The Bertz CT molecular complexity index is 919. The Morgan fingerprint density at radius 3 is 2.73 bits per heavy atom. The predicted octanol–water partition coefficient (Wildman–Crippen LogP) is 2.21. The highest BCUT2D eigenvalue weighted by Crippen LogP contribution is 2.51. The molecule has 4 rings (SSSR count). The lowest BCUT2D eigenvalue weighted by Crippen LogP contribution is -2.43. The Morgan fingerprint density at radius 2 is 2.08 bits per heavy atom. The Balaban J connectivity index is 1.55. The van der Waals surface area contributed by atoms with Crippen molar-refractivity contribution in [1.29, 1.82) is 0 Å². The molecular formula is C19H21N3O4. The van der Waals surface area contributed by atoms with Crippen molar-refractivity contribution in [3.8, 4) is 0 Å². The largest absolute Gasteiger partial charge is 0.367 e. The van der Waals surface area contributed by atoms with Gasteiger partial charge in [0, 0.05) is 19.0 Å². The first kappa shape index (κ1) is 15.7. The van der Waals surface area contributed by atoms with Crippen LogP contribution in [0, 0.1) is 5.92 Å².